The van der Waals surface area contributed by atoms with Crippen LogP contribution in [0.3, 0.4) is 0 Å². The minimum atomic E-state index is -0.611. The second-order valence-electron chi connectivity index (χ2n) is 7.36. The smallest absolute Gasteiger partial charge is 0.241 e. The molecular weight excluding hydrogens is 308 g/mol. The van der Waals surface area contributed by atoms with Gasteiger partial charge in [-0.25, -0.2) is 0 Å². The normalized spacial score (nSPS) is 22.2. The molecule has 2 fully saturated rings. The fourth-order valence-electron chi connectivity index (χ4n) is 2.82. The average Bonchev–Trinajstić information content (AvgIpc) is 3.40. The molecule has 7 heteroatoms. The summed E-state index contributed by atoms with van der Waals surface area (Å²) in [7, 11) is 0. The summed E-state index contributed by atoms with van der Waals surface area (Å²) < 4.78 is 0. The number of carbonyl (C=O) groups excluding carboxylic acids is 3. The van der Waals surface area contributed by atoms with E-state index in [2.05, 4.69) is 10.6 Å². The summed E-state index contributed by atoms with van der Waals surface area (Å²) in [4.78, 5) is 38.0. The summed E-state index contributed by atoms with van der Waals surface area (Å²) in [6, 6.07) is -0.611. The van der Waals surface area contributed by atoms with Gasteiger partial charge >= 0.3 is 0 Å². The zero-order valence-corrected chi connectivity index (χ0v) is 14.7. The van der Waals surface area contributed by atoms with E-state index in [1.807, 2.05) is 13.8 Å². The number of carbonyl (C=O) groups is 3. The van der Waals surface area contributed by atoms with Crippen molar-refractivity contribution in [2.75, 3.05) is 26.2 Å². The van der Waals surface area contributed by atoms with Crippen molar-refractivity contribution < 1.29 is 14.4 Å². The standard InChI is InChI=1S/C17H30N4O3/c1-11(2)15(18)17(24)20-9-14(22)21-7-3-4-13(10-21)16(23)19-8-12-5-6-12/h11-13,15H,3-10,18H2,1-2H3,(H,19,23)(H,20,24)/t13?,15-/m0/s1. The number of likely N-dealkylation sites (tertiary alicyclic amines) is 1. The van der Waals surface area contributed by atoms with Gasteiger partial charge in [0.2, 0.25) is 17.7 Å². The first-order chi connectivity index (χ1) is 11.4. The van der Waals surface area contributed by atoms with Gasteiger partial charge in [0.05, 0.1) is 18.5 Å². The molecular formula is C17H30N4O3. The highest BCUT2D eigenvalue weighted by Crippen LogP contribution is 2.27. The highest BCUT2D eigenvalue weighted by molar-refractivity contribution is 5.88. The van der Waals surface area contributed by atoms with Gasteiger partial charge in [-0.1, -0.05) is 13.8 Å². The van der Waals surface area contributed by atoms with Crippen LogP contribution in [0.5, 0.6) is 0 Å². The Hall–Kier alpha value is -1.63. The Balaban J connectivity index is 1.74. The van der Waals surface area contributed by atoms with Crippen LogP contribution < -0.4 is 16.4 Å². The number of nitrogens with two attached hydrogens (primary N) is 1. The molecule has 1 aliphatic carbocycles. The van der Waals surface area contributed by atoms with Gasteiger partial charge in [-0.2, -0.15) is 0 Å². The quantitative estimate of drug-likeness (QED) is 0.600. The summed E-state index contributed by atoms with van der Waals surface area (Å²) in [5.74, 6) is 0.110. The van der Waals surface area contributed by atoms with E-state index in [0.717, 1.165) is 19.4 Å². The van der Waals surface area contributed by atoms with E-state index in [1.54, 1.807) is 4.90 Å². The second-order valence-corrected chi connectivity index (χ2v) is 7.36. The molecule has 1 aliphatic heterocycles. The molecule has 3 amide bonds. The predicted molar refractivity (Wildman–Crippen MR) is 90.9 cm³/mol. The van der Waals surface area contributed by atoms with Crippen LogP contribution in [-0.4, -0.2) is 54.8 Å². The predicted octanol–water partition coefficient (Wildman–Crippen LogP) is -0.149. The maximum Gasteiger partial charge on any atom is 0.241 e. The lowest BCUT2D eigenvalue weighted by molar-refractivity contribution is -0.137. The van der Waals surface area contributed by atoms with Gasteiger partial charge in [-0.05, 0) is 37.5 Å². The van der Waals surface area contributed by atoms with Gasteiger partial charge in [-0.15, -0.1) is 0 Å². The number of hydrogen-bond acceptors (Lipinski definition) is 4. The average molecular weight is 338 g/mol. The summed E-state index contributed by atoms with van der Waals surface area (Å²) >= 11 is 0. The minimum absolute atomic E-state index is 0.0228. The molecule has 2 rings (SSSR count). The first kappa shape index (κ1) is 18.7. The number of nitrogens with zero attached hydrogens (tertiary/aromatic N) is 1. The van der Waals surface area contributed by atoms with Crippen LogP contribution >= 0.6 is 0 Å². The van der Waals surface area contributed by atoms with Crippen LogP contribution in [0, 0.1) is 17.8 Å². The number of rotatable bonds is 7. The Labute approximate surface area is 143 Å². The Bertz CT molecular complexity index is 476. The Morgan fingerprint density at radius 2 is 1.88 bits per heavy atom. The van der Waals surface area contributed by atoms with Gasteiger partial charge < -0.3 is 21.3 Å². The van der Waals surface area contributed by atoms with Gasteiger partial charge in [0.15, 0.2) is 0 Å². The minimum Gasteiger partial charge on any atom is -0.356 e. The molecule has 1 saturated heterocycles. The highest BCUT2D eigenvalue weighted by Gasteiger charge is 2.30. The molecule has 2 atom stereocenters. The number of piperidine rings is 1. The first-order valence-electron chi connectivity index (χ1n) is 8.97. The molecule has 136 valence electrons. The molecule has 0 aromatic carbocycles. The van der Waals surface area contributed by atoms with Crippen LogP contribution in [0.25, 0.3) is 0 Å². The fourth-order valence-corrected chi connectivity index (χ4v) is 2.82. The third kappa shape index (κ3) is 5.47. The van der Waals surface area contributed by atoms with Crippen LogP contribution in [-0.2, 0) is 14.4 Å². The third-order valence-electron chi connectivity index (χ3n) is 4.84. The second kappa shape index (κ2) is 8.46. The van der Waals surface area contributed by atoms with E-state index in [-0.39, 0.29) is 36.1 Å². The van der Waals surface area contributed by atoms with Crippen LogP contribution in [0.2, 0.25) is 0 Å². The summed E-state index contributed by atoms with van der Waals surface area (Å²) in [5, 5.41) is 5.59. The number of amides is 3. The van der Waals surface area contributed by atoms with Crippen molar-refractivity contribution in [3.8, 4) is 0 Å². The Morgan fingerprint density at radius 1 is 1.17 bits per heavy atom. The summed E-state index contributed by atoms with van der Waals surface area (Å²) in [5.41, 5.74) is 5.76. The van der Waals surface area contributed by atoms with E-state index in [9.17, 15) is 14.4 Å². The van der Waals surface area contributed by atoms with Crippen molar-refractivity contribution in [3.63, 3.8) is 0 Å². The Morgan fingerprint density at radius 3 is 2.50 bits per heavy atom. The Kier molecular flexibility index (Phi) is 6.60. The molecule has 2 aliphatic rings. The van der Waals surface area contributed by atoms with Gasteiger partial charge in [0.1, 0.15) is 0 Å². The van der Waals surface area contributed by atoms with E-state index in [0.29, 0.717) is 19.0 Å². The lowest BCUT2D eigenvalue weighted by atomic mass is 9.97. The molecule has 7 nitrogen and oxygen atoms in total. The molecule has 0 aromatic rings. The monoisotopic (exact) mass is 338 g/mol. The van der Waals surface area contributed by atoms with Gasteiger partial charge in [-0.3, -0.25) is 14.4 Å². The lowest BCUT2D eigenvalue weighted by Crippen LogP contribution is -2.51. The third-order valence-corrected chi connectivity index (χ3v) is 4.84. The van der Waals surface area contributed by atoms with E-state index in [4.69, 9.17) is 5.73 Å². The molecule has 0 spiro atoms. The molecule has 1 heterocycles. The molecule has 24 heavy (non-hydrogen) atoms. The maximum absolute atomic E-state index is 12.3. The van der Waals surface area contributed by atoms with Crippen molar-refractivity contribution in [2.45, 2.75) is 45.6 Å². The van der Waals surface area contributed by atoms with Crippen LogP contribution in [0.1, 0.15) is 39.5 Å². The zero-order chi connectivity index (χ0) is 17.7. The zero-order valence-electron chi connectivity index (χ0n) is 14.7. The number of nitrogens with one attached hydrogen (secondary N) is 2. The number of hydrogen-bond donors (Lipinski definition) is 3. The molecule has 1 saturated carbocycles. The lowest BCUT2D eigenvalue weighted by Gasteiger charge is -2.32. The fraction of sp³-hybridized carbons (Fsp3) is 0.824. The molecule has 1 unspecified atom stereocenters. The van der Waals surface area contributed by atoms with Crippen LogP contribution in [0.15, 0.2) is 0 Å². The molecule has 0 bridgehead atoms. The van der Waals surface area contributed by atoms with Gasteiger partial charge in [0.25, 0.3) is 0 Å². The SMILES string of the molecule is CC(C)[C@H](N)C(=O)NCC(=O)N1CCCC(C(=O)NCC2CC2)C1. The molecule has 0 aromatic heterocycles. The topological polar surface area (TPSA) is 105 Å². The first-order valence-corrected chi connectivity index (χ1v) is 8.97. The van der Waals surface area contributed by atoms with Crippen molar-refractivity contribution in [2.24, 2.45) is 23.5 Å². The van der Waals surface area contributed by atoms with E-state index in [1.165, 1.54) is 12.8 Å². The highest BCUT2D eigenvalue weighted by atomic mass is 16.2. The van der Waals surface area contributed by atoms with E-state index < -0.39 is 6.04 Å². The van der Waals surface area contributed by atoms with Crippen molar-refractivity contribution >= 4 is 17.7 Å². The van der Waals surface area contributed by atoms with E-state index >= 15 is 0 Å². The van der Waals surface area contributed by atoms with Crippen molar-refractivity contribution in [3.05, 3.63) is 0 Å². The molecule has 0 radical (unpaired) electrons. The maximum atomic E-state index is 12.3. The molecule has 4 N–H and O–H groups in total. The van der Waals surface area contributed by atoms with Crippen molar-refractivity contribution in [1.82, 2.24) is 15.5 Å². The van der Waals surface area contributed by atoms with Gasteiger partial charge in [0, 0.05) is 19.6 Å². The van der Waals surface area contributed by atoms with Crippen LogP contribution in [0.4, 0.5) is 0 Å². The summed E-state index contributed by atoms with van der Waals surface area (Å²) in [6.45, 7) is 5.49. The largest absolute Gasteiger partial charge is 0.356 e. The van der Waals surface area contributed by atoms with Crippen molar-refractivity contribution in [1.29, 1.82) is 0 Å². The summed E-state index contributed by atoms with van der Waals surface area (Å²) in [6.07, 6.45) is 4.03.